The molecular formula is C29H66O7Si3. The van der Waals surface area contributed by atoms with E-state index in [1.165, 1.54) is 137 Å². The first-order chi connectivity index (χ1) is 18.9. The predicted molar refractivity (Wildman–Crippen MR) is 169 cm³/mol. The zero-order valence-electron chi connectivity index (χ0n) is 27.2. The molecule has 39 heavy (non-hydrogen) atoms. The second-order valence-corrected chi connectivity index (χ2v) is 20.5. The van der Waals surface area contributed by atoms with E-state index in [0.29, 0.717) is 0 Å². The van der Waals surface area contributed by atoms with Gasteiger partial charge in [-0.2, -0.15) is 0 Å². The third kappa shape index (κ3) is 17.2. The monoisotopic (exact) mass is 610 g/mol. The molecule has 0 radical (unpaired) electrons. The Labute approximate surface area is 246 Å². The summed E-state index contributed by atoms with van der Waals surface area (Å²) in [6.45, 7) is 6.82. The highest BCUT2D eigenvalue weighted by Crippen LogP contribution is 2.35. The molecule has 0 bridgehead atoms. The molecular weight excluding hydrogens is 545 g/mol. The van der Waals surface area contributed by atoms with Crippen LogP contribution in [0.2, 0.25) is 18.1 Å². The molecule has 0 aromatic rings. The highest BCUT2D eigenvalue weighted by atomic mass is 28.5. The van der Waals surface area contributed by atoms with Crippen LogP contribution in [0.3, 0.4) is 0 Å². The van der Waals surface area contributed by atoms with E-state index in [9.17, 15) is 0 Å². The molecule has 0 unspecified atom stereocenters. The molecule has 0 saturated heterocycles. The van der Waals surface area contributed by atoms with Crippen molar-refractivity contribution in [3.63, 3.8) is 0 Å². The number of hydrogen-bond acceptors (Lipinski definition) is 7. The fraction of sp³-hybridized carbons (Fsp3) is 1.00. The van der Waals surface area contributed by atoms with Crippen LogP contribution in [0, 0.1) is 0 Å². The van der Waals surface area contributed by atoms with Crippen molar-refractivity contribution < 1.29 is 30.4 Å². The van der Waals surface area contributed by atoms with Crippen molar-refractivity contribution in [3.8, 4) is 0 Å². The molecule has 0 aromatic carbocycles. The fourth-order valence-electron chi connectivity index (χ4n) is 5.27. The maximum atomic E-state index is 7.17. The van der Waals surface area contributed by atoms with Crippen LogP contribution >= 0.6 is 0 Å². The van der Waals surface area contributed by atoms with Gasteiger partial charge in [-0.15, -0.1) is 0 Å². The van der Waals surface area contributed by atoms with Gasteiger partial charge < -0.3 is 30.4 Å². The Morgan fingerprint density at radius 2 is 0.615 bits per heavy atom. The smallest absolute Gasteiger partial charge is 0.394 e. The normalized spacial score (nSPS) is 12.9. The van der Waals surface area contributed by atoms with E-state index in [-0.39, 0.29) is 0 Å². The molecule has 0 aliphatic carbocycles. The lowest BCUT2D eigenvalue weighted by atomic mass is 10.1. The van der Waals surface area contributed by atoms with E-state index < -0.39 is 26.4 Å². The molecule has 0 aliphatic heterocycles. The van der Waals surface area contributed by atoms with E-state index in [2.05, 4.69) is 20.8 Å². The van der Waals surface area contributed by atoms with E-state index in [1.54, 1.807) is 14.2 Å². The van der Waals surface area contributed by atoms with Gasteiger partial charge in [0.15, 0.2) is 8.32 Å². The Hall–Kier alpha value is 0.371. The quantitative estimate of drug-likeness (QED) is 0.0593. The zero-order valence-corrected chi connectivity index (χ0v) is 30.2. The van der Waals surface area contributed by atoms with Gasteiger partial charge in [0.1, 0.15) is 0 Å². The highest BCUT2D eigenvalue weighted by Gasteiger charge is 2.60. The average Bonchev–Trinajstić information content (AvgIpc) is 2.97. The molecule has 0 fully saturated rings. The van der Waals surface area contributed by atoms with E-state index in [0.717, 1.165) is 18.1 Å². The largest absolute Gasteiger partial charge is 0.673 e. The lowest BCUT2D eigenvalue weighted by Crippen LogP contribution is -2.64. The van der Waals surface area contributed by atoms with Gasteiger partial charge >= 0.3 is 18.1 Å². The Bertz CT molecular complexity index is 486. The molecule has 0 aromatic heterocycles. The predicted octanol–water partition coefficient (Wildman–Crippen LogP) is 9.15. The van der Waals surface area contributed by atoms with Crippen molar-refractivity contribution in [2.75, 3.05) is 35.5 Å². The topological polar surface area (TPSA) is 64.6 Å². The first kappa shape index (κ1) is 39.4. The summed E-state index contributed by atoms with van der Waals surface area (Å²) in [6.07, 6.45) is 23.0. The lowest BCUT2D eigenvalue weighted by Gasteiger charge is -2.40. The first-order valence-electron chi connectivity index (χ1n) is 16.1. The summed E-state index contributed by atoms with van der Waals surface area (Å²) in [7, 11) is -1.43. The van der Waals surface area contributed by atoms with Crippen molar-refractivity contribution in [2.45, 2.75) is 154 Å². The second kappa shape index (κ2) is 24.9. The summed E-state index contributed by atoms with van der Waals surface area (Å²) in [5.74, 6) is 0. The van der Waals surface area contributed by atoms with Crippen molar-refractivity contribution in [1.29, 1.82) is 0 Å². The zero-order chi connectivity index (χ0) is 29.3. The van der Waals surface area contributed by atoms with Crippen LogP contribution in [-0.4, -0.2) is 62.0 Å². The molecule has 0 saturated carbocycles. The van der Waals surface area contributed by atoms with Gasteiger partial charge in [-0.25, -0.2) is 0 Å². The van der Waals surface area contributed by atoms with Crippen LogP contribution in [0.1, 0.15) is 136 Å². The minimum Gasteiger partial charge on any atom is -0.394 e. The summed E-state index contributed by atoms with van der Waals surface area (Å²) in [4.78, 5) is 0. The summed E-state index contributed by atoms with van der Waals surface area (Å²) in [5.41, 5.74) is 0. The maximum absolute atomic E-state index is 7.17. The van der Waals surface area contributed by atoms with Gasteiger partial charge in [-0.3, -0.25) is 0 Å². The minimum absolute atomic E-state index is 1.12. The first-order valence-corrected chi connectivity index (χ1v) is 21.9. The van der Waals surface area contributed by atoms with Crippen LogP contribution in [0.15, 0.2) is 0 Å². The van der Waals surface area contributed by atoms with Crippen LogP contribution in [0.4, 0.5) is 0 Å². The van der Waals surface area contributed by atoms with Crippen molar-refractivity contribution in [3.05, 3.63) is 0 Å². The molecule has 0 rings (SSSR count). The summed E-state index contributed by atoms with van der Waals surface area (Å²) < 4.78 is 42.3. The molecule has 7 nitrogen and oxygen atoms in total. The van der Waals surface area contributed by atoms with E-state index in [4.69, 9.17) is 30.4 Å². The van der Waals surface area contributed by atoms with E-state index in [1.807, 2.05) is 0 Å². The van der Waals surface area contributed by atoms with Crippen molar-refractivity contribution in [1.82, 2.24) is 0 Å². The number of hydrogen-bond donors (Lipinski definition) is 0. The SMILES string of the molecule is CCCCCCCC[Si](CCCCCCCC)(CCCCCCCC)O[Si](OC)(OC)O[Si](OC)(OC)OC. The van der Waals surface area contributed by atoms with Crippen molar-refractivity contribution in [2.24, 2.45) is 0 Å². The number of unbranched alkanes of at least 4 members (excludes halogenated alkanes) is 15. The van der Waals surface area contributed by atoms with Gasteiger partial charge in [-0.05, 0) is 18.1 Å². The highest BCUT2D eigenvalue weighted by molar-refractivity contribution is 6.82. The lowest BCUT2D eigenvalue weighted by molar-refractivity contribution is -0.0140. The summed E-state index contributed by atoms with van der Waals surface area (Å²) in [6, 6.07) is 3.36. The van der Waals surface area contributed by atoms with Gasteiger partial charge in [0.25, 0.3) is 0 Å². The van der Waals surface area contributed by atoms with Crippen LogP contribution in [-0.2, 0) is 30.4 Å². The molecule has 0 amide bonds. The van der Waals surface area contributed by atoms with E-state index >= 15 is 0 Å². The molecule has 0 atom stereocenters. The van der Waals surface area contributed by atoms with Crippen LogP contribution in [0.25, 0.3) is 0 Å². The third-order valence-corrected chi connectivity index (χ3v) is 18.8. The fourth-order valence-corrected chi connectivity index (χ4v) is 16.8. The molecule has 10 heteroatoms. The molecule has 236 valence electrons. The van der Waals surface area contributed by atoms with Crippen molar-refractivity contribution >= 4 is 26.4 Å². The van der Waals surface area contributed by atoms with Gasteiger partial charge in [0.05, 0.1) is 0 Å². The van der Waals surface area contributed by atoms with Crippen LogP contribution < -0.4 is 0 Å². The Balaban J connectivity index is 5.87. The third-order valence-electron chi connectivity index (χ3n) is 7.80. The summed E-state index contributed by atoms with van der Waals surface area (Å²) >= 11 is 0. The second-order valence-electron chi connectivity index (χ2n) is 11.0. The van der Waals surface area contributed by atoms with Gasteiger partial charge in [0.2, 0.25) is 0 Å². The Kier molecular flexibility index (Phi) is 25.2. The maximum Gasteiger partial charge on any atom is 0.673 e. The van der Waals surface area contributed by atoms with Gasteiger partial charge in [0, 0.05) is 35.5 Å². The molecule has 0 N–H and O–H groups in total. The van der Waals surface area contributed by atoms with Gasteiger partial charge in [-0.1, -0.05) is 136 Å². The molecule has 0 heterocycles. The van der Waals surface area contributed by atoms with Crippen LogP contribution in [0.5, 0.6) is 0 Å². The molecule has 0 spiro atoms. The average molecular weight is 611 g/mol. The number of rotatable bonds is 30. The standard InChI is InChI=1S/C29H66O7Si3/c1-9-12-15-18-21-24-27-37(28-25-22-19-16-13-10-2,29-26-23-20-17-14-11-3)35-39(33-7,34-8)36-38(30-4,31-5)32-6/h9-29H2,1-8H3. The molecule has 0 aliphatic rings. The minimum atomic E-state index is -3.57. The summed E-state index contributed by atoms with van der Waals surface area (Å²) in [5, 5.41) is 0. The Morgan fingerprint density at radius 3 is 0.897 bits per heavy atom. The Morgan fingerprint density at radius 1 is 0.333 bits per heavy atom.